The molecule has 0 atom stereocenters. The summed E-state index contributed by atoms with van der Waals surface area (Å²) in [4.78, 5) is 8.21. The molecule has 5 heteroatoms. The summed E-state index contributed by atoms with van der Waals surface area (Å²) in [6.07, 6.45) is 8.24. The van der Waals surface area contributed by atoms with E-state index in [1.165, 1.54) is 34.9 Å². The second-order valence-corrected chi connectivity index (χ2v) is 7.87. The highest BCUT2D eigenvalue weighted by atomic mass is 15.2. The Hall–Kier alpha value is -2.66. The van der Waals surface area contributed by atoms with Gasteiger partial charge in [0.15, 0.2) is 5.65 Å². The largest absolute Gasteiger partial charge is 0.354 e. The van der Waals surface area contributed by atoms with Crippen molar-refractivity contribution in [2.24, 2.45) is 0 Å². The molecule has 4 heterocycles. The predicted molar refractivity (Wildman–Crippen MR) is 109 cm³/mol. The molecule has 1 fully saturated rings. The minimum absolute atomic E-state index is 0.422. The number of hydrogen-bond donors (Lipinski definition) is 2. The third kappa shape index (κ3) is 2.82. The van der Waals surface area contributed by atoms with Crippen LogP contribution in [0.3, 0.4) is 0 Å². The van der Waals surface area contributed by atoms with E-state index in [1.54, 1.807) is 6.20 Å². The third-order valence-electron chi connectivity index (χ3n) is 5.79. The average molecular weight is 359 g/mol. The van der Waals surface area contributed by atoms with E-state index in [0.29, 0.717) is 11.8 Å². The SMILES string of the molecule is CC(C)c1c(-c2cnc3ccnn3c2)[nH]c2ccc(C3CCNCC3)cc12. The third-order valence-corrected chi connectivity index (χ3v) is 5.79. The van der Waals surface area contributed by atoms with Gasteiger partial charge in [0, 0.05) is 34.9 Å². The summed E-state index contributed by atoms with van der Waals surface area (Å²) in [7, 11) is 0. The lowest BCUT2D eigenvalue weighted by atomic mass is 9.88. The van der Waals surface area contributed by atoms with E-state index in [9.17, 15) is 0 Å². The maximum Gasteiger partial charge on any atom is 0.154 e. The van der Waals surface area contributed by atoms with Crippen LogP contribution in [0, 0.1) is 0 Å². The van der Waals surface area contributed by atoms with Gasteiger partial charge in [0.25, 0.3) is 0 Å². The Labute approximate surface area is 158 Å². The molecule has 4 aromatic rings. The van der Waals surface area contributed by atoms with E-state index in [4.69, 9.17) is 0 Å². The van der Waals surface area contributed by atoms with Gasteiger partial charge in [-0.2, -0.15) is 5.10 Å². The van der Waals surface area contributed by atoms with Crippen molar-refractivity contribution >= 4 is 16.6 Å². The van der Waals surface area contributed by atoms with E-state index in [-0.39, 0.29) is 0 Å². The van der Waals surface area contributed by atoms with E-state index in [2.05, 4.69) is 58.6 Å². The second kappa shape index (κ2) is 6.50. The van der Waals surface area contributed by atoms with Crippen LogP contribution in [0.4, 0.5) is 0 Å². The lowest BCUT2D eigenvalue weighted by Crippen LogP contribution is -2.26. The fourth-order valence-electron chi connectivity index (χ4n) is 4.41. The number of piperidine rings is 1. The second-order valence-electron chi connectivity index (χ2n) is 7.87. The van der Waals surface area contributed by atoms with Crippen LogP contribution in [-0.4, -0.2) is 32.7 Å². The summed E-state index contributed by atoms with van der Waals surface area (Å²) in [6.45, 7) is 6.77. The highest BCUT2D eigenvalue weighted by molar-refractivity contribution is 5.91. The molecule has 1 aliphatic heterocycles. The number of rotatable bonds is 3. The molecule has 0 amide bonds. The van der Waals surface area contributed by atoms with Crippen molar-refractivity contribution in [1.82, 2.24) is 24.9 Å². The topological polar surface area (TPSA) is 58.0 Å². The van der Waals surface area contributed by atoms with Crippen LogP contribution in [0.5, 0.6) is 0 Å². The summed E-state index contributed by atoms with van der Waals surface area (Å²) in [5.41, 5.74) is 7.15. The standard InChI is InChI=1S/C22H25N5/c1-14(2)21-18-11-16(15-5-8-23-9-6-15)3-4-19(18)26-22(21)17-12-24-20-7-10-25-27(20)13-17/h3-4,7,10-15,23,26H,5-6,8-9H2,1-2H3. The van der Waals surface area contributed by atoms with Gasteiger partial charge in [-0.1, -0.05) is 19.9 Å². The normalized spacial score (nSPS) is 16.0. The maximum atomic E-state index is 4.55. The summed E-state index contributed by atoms with van der Waals surface area (Å²) in [6, 6.07) is 8.89. The van der Waals surface area contributed by atoms with E-state index in [1.807, 2.05) is 16.8 Å². The number of nitrogens with one attached hydrogen (secondary N) is 2. The molecule has 3 aromatic heterocycles. The molecule has 27 heavy (non-hydrogen) atoms. The van der Waals surface area contributed by atoms with Crippen molar-refractivity contribution in [3.8, 4) is 11.3 Å². The molecule has 0 unspecified atom stereocenters. The van der Waals surface area contributed by atoms with Crippen molar-refractivity contribution in [1.29, 1.82) is 0 Å². The van der Waals surface area contributed by atoms with E-state index < -0.39 is 0 Å². The van der Waals surface area contributed by atoms with Crippen LogP contribution in [0.15, 0.2) is 42.9 Å². The van der Waals surface area contributed by atoms with Gasteiger partial charge >= 0.3 is 0 Å². The van der Waals surface area contributed by atoms with Crippen LogP contribution in [-0.2, 0) is 0 Å². The van der Waals surface area contributed by atoms with E-state index in [0.717, 1.165) is 30.0 Å². The predicted octanol–water partition coefficient (Wildman–Crippen LogP) is 4.47. The summed E-state index contributed by atoms with van der Waals surface area (Å²) >= 11 is 0. The number of fused-ring (bicyclic) bond motifs is 2. The first-order chi connectivity index (χ1) is 13.2. The highest BCUT2D eigenvalue weighted by Crippen LogP contribution is 2.37. The number of aromatic nitrogens is 4. The molecule has 138 valence electrons. The summed E-state index contributed by atoms with van der Waals surface area (Å²) < 4.78 is 1.84. The van der Waals surface area contributed by atoms with Crippen molar-refractivity contribution in [2.45, 2.75) is 38.5 Å². The Bertz CT molecular complexity index is 1100. The fourth-order valence-corrected chi connectivity index (χ4v) is 4.41. The molecule has 0 saturated carbocycles. The molecule has 0 spiro atoms. The van der Waals surface area contributed by atoms with Crippen LogP contribution >= 0.6 is 0 Å². The molecule has 5 rings (SSSR count). The van der Waals surface area contributed by atoms with Crippen LogP contribution in [0.25, 0.3) is 27.8 Å². The first-order valence-electron chi connectivity index (χ1n) is 9.86. The quantitative estimate of drug-likeness (QED) is 0.567. The number of aromatic amines is 1. The lowest BCUT2D eigenvalue weighted by molar-refractivity contribution is 0.460. The van der Waals surface area contributed by atoms with Gasteiger partial charge in [-0.25, -0.2) is 9.50 Å². The smallest absolute Gasteiger partial charge is 0.154 e. The van der Waals surface area contributed by atoms with Crippen LogP contribution in [0.1, 0.15) is 49.7 Å². The first-order valence-corrected chi connectivity index (χ1v) is 9.86. The Morgan fingerprint density at radius 3 is 2.81 bits per heavy atom. The highest BCUT2D eigenvalue weighted by Gasteiger charge is 2.20. The molecular formula is C22H25N5. The molecule has 0 aliphatic carbocycles. The van der Waals surface area contributed by atoms with Crippen molar-refractivity contribution in [3.63, 3.8) is 0 Å². The number of nitrogens with zero attached hydrogens (tertiary/aromatic N) is 3. The Morgan fingerprint density at radius 1 is 1.15 bits per heavy atom. The lowest BCUT2D eigenvalue weighted by Gasteiger charge is -2.23. The Morgan fingerprint density at radius 2 is 2.00 bits per heavy atom. The molecular weight excluding hydrogens is 334 g/mol. The van der Waals surface area contributed by atoms with E-state index >= 15 is 0 Å². The zero-order chi connectivity index (χ0) is 18.4. The number of benzene rings is 1. The first kappa shape index (κ1) is 16.5. The van der Waals surface area contributed by atoms with Gasteiger partial charge in [0.05, 0.1) is 11.9 Å². The van der Waals surface area contributed by atoms with Gasteiger partial charge in [0.1, 0.15) is 0 Å². The van der Waals surface area contributed by atoms with Gasteiger partial charge in [0.2, 0.25) is 0 Å². The maximum absolute atomic E-state index is 4.55. The monoisotopic (exact) mass is 359 g/mol. The van der Waals surface area contributed by atoms with Crippen LogP contribution in [0.2, 0.25) is 0 Å². The van der Waals surface area contributed by atoms with Crippen LogP contribution < -0.4 is 5.32 Å². The zero-order valence-corrected chi connectivity index (χ0v) is 15.9. The molecule has 0 radical (unpaired) electrons. The molecule has 1 aromatic carbocycles. The average Bonchev–Trinajstić information content (AvgIpc) is 3.31. The minimum Gasteiger partial charge on any atom is -0.354 e. The molecule has 0 bridgehead atoms. The summed E-state index contributed by atoms with van der Waals surface area (Å²) in [5, 5.41) is 9.15. The minimum atomic E-state index is 0.422. The molecule has 5 nitrogen and oxygen atoms in total. The summed E-state index contributed by atoms with van der Waals surface area (Å²) in [5.74, 6) is 1.08. The van der Waals surface area contributed by atoms with Gasteiger partial charge in [-0.05, 0) is 61.0 Å². The van der Waals surface area contributed by atoms with Crippen molar-refractivity contribution in [2.75, 3.05) is 13.1 Å². The van der Waals surface area contributed by atoms with Gasteiger partial charge in [-0.15, -0.1) is 0 Å². The number of hydrogen-bond acceptors (Lipinski definition) is 3. The molecule has 1 aliphatic rings. The number of H-pyrrole nitrogens is 1. The van der Waals surface area contributed by atoms with Crippen molar-refractivity contribution in [3.05, 3.63) is 54.0 Å². The van der Waals surface area contributed by atoms with Gasteiger partial charge in [-0.3, -0.25) is 0 Å². The van der Waals surface area contributed by atoms with Gasteiger partial charge < -0.3 is 10.3 Å². The molecule has 2 N–H and O–H groups in total. The Balaban J connectivity index is 1.66. The Kier molecular flexibility index (Phi) is 3.97. The van der Waals surface area contributed by atoms with Crippen molar-refractivity contribution < 1.29 is 0 Å². The zero-order valence-electron chi connectivity index (χ0n) is 15.9. The fraction of sp³-hybridized carbons (Fsp3) is 0.364. The molecule has 1 saturated heterocycles.